The summed E-state index contributed by atoms with van der Waals surface area (Å²) in [5.41, 5.74) is 1.70. The van der Waals surface area contributed by atoms with E-state index in [9.17, 15) is 4.79 Å². The van der Waals surface area contributed by atoms with E-state index in [1.54, 1.807) is 17.4 Å². The number of rotatable bonds is 4. The second-order valence-corrected chi connectivity index (χ2v) is 8.83. The van der Waals surface area contributed by atoms with E-state index in [4.69, 9.17) is 26.1 Å². The van der Waals surface area contributed by atoms with Crippen LogP contribution in [-0.4, -0.2) is 42.2 Å². The summed E-state index contributed by atoms with van der Waals surface area (Å²) < 4.78 is 11.8. The van der Waals surface area contributed by atoms with Gasteiger partial charge in [0.2, 0.25) is 12.7 Å². The number of carbonyl (C=O) groups excluding carboxylic acids is 1. The largest absolute Gasteiger partial charge is 0.454 e. The number of hydrogen-bond acceptors (Lipinski definition) is 6. The number of fused-ring (bicyclic) bond motifs is 2. The Kier molecular flexibility index (Phi) is 5.03. The summed E-state index contributed by atoms with van der Waals surface area (Å²) >= 11 is 7.82. The Bertz CT molecular complexity index is 1060. The highest BCUT2D eigenvalue weighted by molar-refractivity contribution is 7.18. The molecule has 2 aromatic carbocycles. The molecule has 1 amide bonds. The van der Waals surface area contributed by atoms with Gasteiger partial charge in [0.05, 0.1) is 21.8 Å². The fourth-order valence-electron chi connectivity index (χ4n) is 3.81. The highest BCUT2D eigenvalue weighted by Gasteiger charge is 2.24. The van der Waals surface area contributed by atoms with Crippen molar-refractivity contribution < 1.29 is 14.3 Å². The third kappa shape index (κ3) is 4.03. The molecule has 29 heavy (non-hydrogen) atoms. The molecule has 5 rings (SSSR count). The van der Waals surface area contributed by atoms with Gasteiger partial charge in [-0.3, -0.25) is 9.69 Å². The lowest BCUT2D eigenvalue weighted by atomic mass is 9.97. The first-order valence-electron chi connectivity index (χ1n) is 9.62. The molecule has 3 heterocycles. The topological polar surface area (TPSA) is 63.7 Å². The molecule has 150 valence electrons. The minimum Gasteiger partial charge on any atom is -0.454 e. The SMILES string of the molecule is O=C(CN1CCC(c2nc3cc(Cl)ccc3s2)CC1)Nc1ccc2c(c1)OCO2. The Hall–Kier alpha value is -2.35. The molecular weight excluding hydrogens is 410 g/mol. The van der Waals surface area contributed by atoms with Crippen LogP contribution in [-0.2, 0) is 4.79 Å². The Morgan fingerprint density at radius 2 is 2.00 bits per heavy atom. The molecule has 0 radical (unpaired) electrons. The molecule has 1 fully saturated rings. The monoisotopic (exact) mass is 429 g/mol. The first-order chi connectivity index (χ1) is 14.1. The van der Waals surface area contributed by atoms with Crippen LogP contribution >= 0.6 is 22.9 Å². The summed E-state index contributed by atoms with van der Waals surface area (Å²) in [6.45, 7) is 2.38. The molecule has 1 saturated heterocycles. The normalized spacial score (nSPS) is 17.0. The van der Waals surface area contributed by atoms with Gasteiger partial charge in [0.25, 0.3) is 0 Å². The van der Waals surface area contributed by atoms with Gasteiger partial charge in [-0.05, 0) is 56.3 Å². The summed E-state index contributed by atoms with van der Waals surface area (Å²) in [6, 6.07) is 11.3. The highest BCUT2D eigenvalue weighted by Crippen LogP contribution is 2.35. The summed E-state index contributed by atoms with van der Waals surface area (Å²) in [5, 5.41) is 4.84. The number of nitrogens with zero attached hydrogens (tertiary/aromatic N) is 2. The number of amides is 1. The molecule has 0 unspecified atom stereocenters. The van der Waals surface area contributed by atoms with E-state index in [2.05, 4.69) is 10.2 Å². The molecule has 0 atom stereocenters. The van der Waals surface area contributed by atoms with E-state index in [0.29, 0.717) is 24.0 Å². The number of ether oxygens (including phenoxy) is 2. The van der Waals surface area contributed by atoms with Crippen LogP contribution in [0.2, 0.25) is 5.02 Å². The summed E-state index contributed by atoms with van der Waals surface area (Å²) in [4.78, 5) is 19.4. The molecule has 2 aliphatic heterocycles. The van der Waals surface area contributed by atoms with E-state index >= 15 is 0 Å². The van der Waals surface area contributed by atoms with E-state index in [-0.39, 0.29) is 12.7 Å². The van der Waals surface area contributed by atoms with Gasteiger partial charge in [-0.2, -0.15) is 0 Å². The quantitative estimate of drug-likeness (QED) is 0.661. The van der Waals surface area contributed by atoms with E-state index in [1.807, 2.05) is 30.3 Å². The third-order valence-corrected chi connectivity index (χ3v) is 6.76. The van der Waals surface area contributed by atoms with Gasteiger partial charge < -0.3 is 14.8 Å². The molecule has 0 spiro atoms. The van der Waals surface area contributed by atoms with Gasteiger partial charge in [0.15, 0.2) is 11.5 Å². The summed E-state index contributed by atoms with van der Waals surface area (Å²) in [5.74, 6) is 1.80. The van der Waals surface area contributed by atoms with Crippen LogP contribution in [0.4, 0.5) is 5.69 Å². The molecule has 0 aliphatic carbocycles. The second kappa shape index (κ2) is 7.82. The zero-order valence-corrected chi connectivity index (χ0v) is 17.3. The van der Waals surface area contributed by atoms with E-state index in [1.165, 1.54) is 9.71 Å². The number of anilines is 1. The Morgan fingerprint density at radius 3 is 2.86 bits per heavy atom. The van der Waals surface area contributed by atoms with Gasteiger partial charge in [-0.15, -0.1) is 11.3 Å². The molecular formula is C21H20ClN3O3S. The zero-order valence-electron chi connectivity index (χ0n) is 15.7. The average molecular weight is 430 g/mol. The van der Waals surface area contributed by atoms with Crippen molar-refractivity contribution in [3.05, 3.63) is 46.4 Å². The highest BCUT2D eigenvalue weighted by atomic mass is 35.5. The maximum atomic E-state index is 12.4. The fourth-order valence-corrected chi connectivity index (χ4v) is 5.09. The predicted molar refractivity (Wildman–Crippen MR) is 114 cm³/mol. The van der Waals surface area contributed by atoms with Gasteiger partial charge in [0.1, 0.15) is 0 Å². The summed E-state index contributed by atoms with van der Waals surface area (Å²) in [7, 11) is 0. The molecule has 3 aromatic rings. The number of carbonyl (C=O) groups is 1. The molecule has 6 nitrogen and oxygen atoms in total. The smallest absolute Gasteiger partial charge is 0.238 e. The standard InChI is InChI=1S/C21H20ClN3O3S/c22-14-1-4-19-16(9-14)24-21(29-19)13-5-7-25(8-6-13)11-20(26)23-15-2-3-17-18(10-15)28-12-27-17/h1-4,9-10,13H,5-8,11-12H2,(H,23,26). The third-order valence-electron chi connectivity index (χ3n) is 5.33. The lowest BCUT2D eigenvalue weighted by molar-refractivity contribution is -0.117. The van der Waals surface area contributed by atoms with Crippen LogP contribution in [0, 0.1) is 0 Å². The number of piperidine rings is 1. The summed E-state index contributed by atoms with van der Waals surface area (Å²) in [6.07, 6.45) is 2.01. The predicted octanol–water partition coefficient (Wildman–Crippen LogP) is 4.50. The number of aromatic nitrogens is 1. The number of halogens is 1. The maximum Gasteiger partial charge on any atom is 0.238 e. The van der Waals surface area contributed by atoms with Crippen molar-refractivity contribution in [2.45, 2.75) is 18.8 Å². The number of hydrogen-bond donors (Lipinski definition) is 1. The van der Waals surface area contributed by atoms with Crippen LogP contribution in [0.25, 0.3) is 10.2 Å². The van der Waals surface area contributed by atoms with Gasteiger partial charge in [-0.25, -0.2) is 4.98 Å². The van der Waals surface area contributed by atoms with Crippen molar-refractivity contribution in [2.24, 2.45) is 0 Å². The number of benzene rings is 2. The Balaban J connectivity index is 1.15. The van der Waals surface area contributed by atoms with Crippen LogP contribution < -0.4 is 14.8 Å². The average Bonchev–Trinajstić information content (AvgIpc) is 3.34. The van der Waals surface area contributed by atoms with Crippen molar-refractivity contribution in [3.63, 3.8) is 0 Å². The maximum absolute atomic E-state index is 12.4. The molecule has 8 heteroatoms. The molecule has 0 bridgehead atoms. The first kappa shape index (κ1) is 18.7. The van der Waals surface area contributed by atoms with Crippen LogP contribution in [0.5, 0.6) is 11.5 Å². The lowest BCUT2D eigenvalue weighted by Crippen LogP contribution is -2.38. The van der Waals surface area contributed by atoms with E-state index < -0.39 is 0 Å². The number of thiazole rings is 1. The molecule has 2 aliphatic rings. The molecule has 1 aromatic heterocycles. The molecule has 1 N–H and O–H groups in total. The van der Waals surface area contributed by atoms with Crippen LogP contribution in [0.1, 0.15) is 23.8 Å². The van der Waals surface area contributed by atoms with Crippen LogP contribution in [0.15, 0.2) is 36.4 Å². The Labute approximate surface area is 177 Å². The van der Waals surface area contributed by atoms with Crippen molar-refractivity contribution in [3.8, 4) is 11.5 Å². The van der Waals surface area contributed by atoms with Crippen molar-refractivity contribution in [2.75, 3.05) is 31.7 Å². The minimum absolute atomic E-state index is 0.0167. The van der Waals surface area contributed by atoms with Crippen molar-refractivity contribution in [1.82, 2.24) is 9.88 Å². The minimum atomic E-state index is -0.0167. The van der Waals surface area contributed by atoms with Crippen molar-refractivity contribution in [1.29, 1.82) is 0 Å². The number of nitrogens with one attached hydrogen (secondary N) is 1. The first-order valence-corrected chi connectivity index (χ1v) is 10.8. The van der Waals surface area contributed by atoms with E-state index in [0.717, 1.165) is 42.2 Å². The van der Waals surface area contributed by atoms with Crippen molar-refractivity contribution >= 4 is 44.7 Å². The van der Waals surface area contributed by atoms with Gasteiger partial charge in [-0.1, -0.05) is 11.6 Å². The Morgan fingerprint density at radius 1 is 1.17 bits per heavy atom. The second-order valence-electron chi connectivity index (χ2n) is 7.33. The van der Waals surface area contributed by atoms with Gasteiger partial charge >= 0.3 is 0 Å². The number of likely N-dealkylation sites (tertiary alicyclic amines) is 1. The van der Waals surface area contributed by atoms with Crippen LogP contribution in [0.3, 0.4) is 0 Å². The zero-order chi connectivity index (χ0) is 19.8. The molecule has 0 saturated carbocycles. The fraction of sp³-hybridized carbons (Fsp3) is 0.333. The van der Waals surface area contributed by atoms with Gasteiger partial charge in [0, 0.05) is 22.7 Å². The lowest BCUT2D eigenvalue weighted by Gasteiger charge is -2.30.